The summed E-state index contributed by atoms with van der Waals surface area (Å²) in [7, 11) is 0. The molecule has 1 aliphatic rings. The Balaban J connectivity index is 1.47. The minimum absolute atomic E-state index is 0.270. The van der Waals surface area contributed by atoms with Gasteiger partial charge in [0.05, 0.1) is 12.1 Å². The van der Waals surface area contributed by atoms with E-state index in [0.717, 1.165) is 38.1 Å². The maximum atomic E-state index is 12.0. The molecule has 1 aliphatic carbocycles. The number of aromatic nitrogens is 2. The third kappa shape index (κ3) is 5.06. The van der Waals surface area contributed by atoms with Crippen LogP contribution in [0.1, 0.15) is 43.5 Å². The van der Waals surface area contributed by atoms with Gasteiger partial charge in [-0.05, 0) is 18.4 Å². The quantitative estimate of drug-likeness (QED) is 0.754. The van der Waals surface area contributed by atoms with Gasteiger partial charge < -0.3 is 20.3 Å². The van der Waals surface area contributed by atoms with E-state index in [-0.39, 0.29) is 6.03 Å². The second kappa shape index (κ2) is 8.16. The minimum Gasteiger partial charge on any atom is -0.388 e. The molecule has 0 atom stereocenters. The molecule has 25 heavy (non-hydrogen) atoms. The van der Waals surface area contributed by atoms with Gasteiger partial charge in [-0.1, -0.05) is 49.6 Å². The Hall–Kier alpha value is -2.34. The van der Waals surface area contributed by atoms with E-state index in [9.17, 15) is 9.90 Å². The summed E-state index contributed by atoms with van der Waals surface area (Å²) in [6.45, 7) is 1.38. The van der Waals surface area contributed by atoms with Crippen molar-refractivity contribution in [3.63, 3.8) is 0 Å². The summed E-state index contributed by atoms with van der Waals surface area (Å²) < 4.78 is 2.02. The maximum absolute atomic E-state index is 12.0. The lowest BCUT2D eigenvalue weighted by Gasteiger charge is -2.32. The number of benzene rings is 1. The number of carbonyl (C=O) groups excluding carboxylic acids is 1. The smallest absolute Gasteiger partial charge is 0.315 e. The highest BCUT2D eigenvalue weighted by Crippen LogP contribution is 2.27. The van der Waals surface area contributed by atoms with Crippen molar-refractivity contribution >= 4 is 6.03 Å². The number of nitrogens with zero attached hydrogens (tertiary/aromatic N) is 2. The third-order valence-electron chi connectivity index (χ3n) is 4.77. The zero-order valence-corrected chi connectivity index (χ0v) is 14.4. The molecule has 0 saturated heterocycles. The van der Waals surface area contributed by atoms with E-state index in [4.69, 9.17) is 0 Å². The van der Waals surface area contributed by atoms with Crippen molar-refractivity contribution in [2.45, 2.75) is 50.8 Å². The zero-order chi connectivity index (χ0) is 17.5. The number of aliphatic hydroxyl groups is 1. The molecule has 2 aromatic rings. The lowest BCUT2D eigenvalue weighted by Crippen LogP contribution is -2.47. The molecule has 3 N–H and O–H groups in total. The van der Waals surface area contributed by atoms with E-state index in [1.165, 1.54) is 12.0 Å². The van der Waals surface area contributed by atoms with Crippen molar-refractivity contribution in [1.82, 2.24) is 20.2 Å². The Morgan fingerprint density at radius 3 is 2.68 bits per heavy atom. The first-order valence-electron chi connectivity index (χ1n) is 8.93. The minimum atomic E-state index is -0.749. The van der Waals surface area contributed by atoms with Gasteiger partial charge in [-0.2, -0.15) is 0 Å². The monoisotopic (exact) mass is 342 g/mol. The van der Waals surface area contributed by atoms with E-state index in [1.54, 1.807) is 6.20 Å². The van der Waals surface area contributed by atoms with E-state index < -0.39 is 5.60 Å². The third-order valence-corrected chi connectivity index (χ3v) is 4.77. The van der Waals surface area contributed by atoms with E-state index in [0.29, 0.717) is 13.1 Å². The number of amides is 2. The molecule has 1 aromatic heterocycles. The Labute approximate surface area is 148 Å². The molecular weight excluding hydrogens is 316 g/mol. The van der Waals surface area contributed by atoms with Crippen molar-refractivity contribution in [3.8, 4) is 0 Å². The number of rotatable bonds is 6. The number of carbonyl (C=O) groups is 1. The molecular formula is C19H26N4O2. The fourth-order valence-electron chi connectivity index (χ4n) is 3.28. The first-order valence-corrected chi connectivity index (χ1v) is 8.93. The molecule has 0 radical (unpaired) electrons. The summed E-state index contributed by atoms with van der Waals surface area (Å²) in [4.78, 5) is 16.3. The van der Waals surface area contributed by atoms with Gasteiger partial charge in [0, 0.05) is 25.5 Å². The van der Waals surface area contributed by atoms with Crippen LogP contribution in [0.15, 0.2) is 42.7 Å². The molecule has 0 unspecified atom stereocenters. The molecule has 1 fully saturated rings. The number of hydrogen-bond donors (Lipinski definition) is 3. The van der Waals surface area contributed by atoms with Crippen molar-refractivity contribution in [1.29, 1.82) is 0 Å². The lowest BCUT2D eigenvalue weighted by molar-refractivity contribution is 0.00718. The van der Waals surface area contributed by atoms with Crippen LogP contribution < -0.4 is 10.6 Å². The van der Waals surface area contributed by atoms with Crippen LogP contribution in [-0.4, -0.2) is 32.8 Å². The normalized spacial score (nSPS) is 16.4. The summed E-state index contributed by atoms with van der Waals surface area (Å²) in [5.74, 6) is 0.801. The highest BCUT2D eigenvalue weighted by atomic mass is 16.3. The highest BCUT2D eigenvalue weighted by molar-refractivity contribution is 5.73. The van der Waals surface area contributed by atoms with Gasteiger partial charge in [0.1, 0.15) is 5.82 Å². The predicted octanol–water partition coefficient (Wildman–Crippen LogP) is 2.43. The van der Waals surface area contributed by atoms with E-state index in [1.807, 2.05) is 29.0 Å². The molecule has 3 rings (SSSR count). The molecule has 0 aliphatic heterocycles. The molecule has 1 heterocycles. The largest absolute Gasteiger partial charge is 0.388 e. The Morgan fingerprint density at radius 2 is 1.92 bits per heavy atom. The van der Waals surface area contributed by atoms with Crippen LogP contribution in [0.25, 0.3) is 0 Å². The lowest BCUT2D eigenvalue weighted by atomic mass is 9.85. The van der Waals surface area contributed by atoms with Gasteiger partial charge in [0.2, 0.25) is 0 Å². The second-order valence-corrected chi connectivity index (χ2v) is 6.78. The Morgan fingerprint density at radius 1 is 1.16 bits per heavy atom. The fourth-order valence-corrected chi connectivity index (χ4v) is 3.28. The van der Waals surface area contributed by atoms with Gasteiger partial charge in [-0.15, -0.1) is 0 Å². The van der Waals surface area contributed by atoms with Crippen LogP contribution in [-0.2, 0) is 13.1 Å². The van der Waals surface area contributed by atoms with Crippen molar-refractivity contribution in [3.05, 3.63) is 54.1 Å². The highest BCUT2D eigenvalue weighted by Gasteiger charge is 2.29. The Bertz CT molecular complexity index is 678. The van der Waals surface area contributed by atoms with Crippen LogP contribution in [0, 0.1) is 0 Å². The molecule has 1 saturated carbocycles. The summed E-state index contributed by atoms with van der Waals surface area (Å²) in [6, 6.07) is 9.86. The van der Waals surface area contributed by atoms with Crippen LogP contribution in [0.4, 0.5) is 4.79 Å². The molecule has 0 spiro atoms. The van der Waals surface area contributed by atoms with Gasteiger partial charge in [0.25, 0.3) is 0 Å². The standard InChI is InChI=1S/C19H26N4O2/c24-18(22-15-19(25)9-5-2-6-10-19)21-13-17-20-11-12-23(17)14-16-7-3-1-4-8-16/h1,3-4,7-8,11-12,25H,2,5-6,9-10,13-15H2,(H2,21,22,24). The van der Waals surface area contributed by atoms with Crippen LogP contribution >= 0.6 is 0 Å². The summed E-state index contributed by atoms with van der Waals surface area (Å²) in [5, 5.41) is 16.0. The zero-order valence-electron chi connectivity index (χ0n) is 14.4. The molecule has 1 aromatic carbocycles. The van der Waals surface area contributed by atoms with Gasteiger partial charge in [-0.3, -0.25) is 0 Å². The van der Waals surface area contributed by atoms with Gasteiger partial charge >= 0.3 is 6.03 Å². The number of nitrogens with one attached hydrogen (secondary N) is 2. The SMILES string of the molecule is O=C(NCc1nccn1Cc1ccccc1)NCC1(O)CCCCC1. The average Bonchev–Trinajstić information content (AvgIpc) is 3.07. The summed E-state index contributed by atoms with van der Waals surface area (Å²) >= 11 is 0. The number of urea groups is 1. The first-order chi connectivity index (χ1) is 12.1. The van der Waals surface area contributed by atoms with Gasteiger partial charge in [0.15, 0.2) is 0 Å². The molecule has 6 nitrogen and oxygen atoms in total. The fraction of sp³-hybridized carbons (Fsp3) is 0.474. The van der Waals surface area contributed by atoms with Crippen LogP contribution in [0.5, 0.6) is 0 Å². The summed E-state index contributed by atoms with van der Waals surface area (Å²) in [6.07, 6.45) is 8.38. The maximum Gasteiger partial charge on any atom is 0.315 e. The second-order valence-electron chi connectivity index (χ2n) is 6.78. The van der Waals surface area contributed by atoms with E-state index >= 15 is 0 Å². The van der Waals surface area contributed by atoms with Crippen LogP contribution in [0.2, 0.25) is 0 Å². The van der Waals surface area contributed by atoms with Crippen molar-refractivity contribution in [2.75, 3.05) is 6.54 Å². The first kappa shape index (κ1) is 17.5. The number of hydrogen-bond acceptors (Lipinski definition) is 3. The van der Waals surface area contributed by atoms with Crippen molar-refractivity contribution < 1.29 is 9.90 Å². The van der Waals surface area contributed by atoms with Gasteiger partial charge in [-0.25, -0.2) is 9.78 Å². The van der Waals surface area contributed by atoms with Crippen LogP contribution in [0.3, 0.4) is 0 Å². The molecule has 0 bridgehead atoms. The molecule has 134 valence electrons. The average molecular weight is 342 g/mol. The van der Waals surface area contributed by atoms with E-state index in [2.05, 4.69) is 27.8 Å². The summed E-state index contributed by atoms with van der Waals surface area (Å²) in [5.41, 5.74) is 0.437. The van der Waals surface area contributed by atoms with Crippen molar-refractivity contribution in [2.24, 2.45) is 0 Å². The Kier molecular flexibility index (Phi) is 5.71. The molecule has 2 amide bonds. The predicted molar refractivity (Wildman–Crippen MR) is 96.0 cm³/mol. The topological polar surface area (TPSA) is 79.2 Å². The number of imidazole rings is 1. The molecule has 6 heteroatoms.